The van der Waals surface area contributed by atoms with E-state index in [1.807, 2.05) is 42.6 Å². The molecule has 0 bridgehead atoms. The van der Waals surface area contributed by atoms with Crippen molar-refractivity contribution in [1.82, 2.24) is 10.3 Å². The Balaban J connectivity index is 1.56. The van der Waals surface area contributed by atoms with Crippen LogP contribution in [0.5, 0.6) is 11.5 Å². The average Bonchev–Trinajstić information content (AvgIpc) is 3.27. The number of hydrogen-bond acceptors (Lipinski definition) is 3. The van der Waals surface area contributed by atoms with Crippen LogP contribution in [0, 0.1) is 0 Å². The molecule has 4 rings (SSSR count). The van der Waals surface area contributed by atoms with Crippen molar-refractivity contribution >= 4 is 16.8 Å². The number of fused-ring (bicyclic) bond motifs is 1. The minimum absolute atomic E-state index is 0.00633. The molecule has 1 atom stereocenters. The van der Waals surface area contributed by atoms with Crippen LogP contribution >= 0.6 is 0 Å². The number of para-hydroxylation sites is 1. The molecule has 5 heteroatoms. The van der Waals surface area contributed by atoms with E-state index < -0.39 is 0 Å². The second kappa shape index (κ2) is 10.1. The topological polar surface area (TPSA) is 63.4 Å². The van der Waals surface area contributed by atoms with Crippen molar-refractivity contribution in [3.05, 3.63) is 95.7 Å². The van der Waals surface area contributed by atoms with Crippen molar-refractivity contribution in [3.63, 3.8) is 0 Å². The molecule has 0 saturated heterocycles. The van der Waals surface area contributed by atoms with Gasteiger partial charge < -0.3 is 19.8 Å². The third-order valence-electron chi connectivity index (χ3n) is 5.57. The van der Waals surface area contributed by atoms with Crippen LogP contribution in [-0.4, -0.2) is 31.2 Å². The summed E-state index contributed by atoms with van der Waals surface area (Å²) >= 11 is 0. The normalized spacial score (nSPS) is 11.8. The van der Waals surface area contributed by atoms with E-state index in [1.165, 1.54) is 0 Å². The van der Waals surface area contributed by atoms with Crippen LogP contribution in [0.3, 0.4) is 0 Å². The van der Waals surface area contributed by atoms with Gasteiger partial charge in [0.05, 0.1) is 13.7 Å². The maximum absolute atomic E-state index is 12.9. The smallest absolute Gasteiger partial charge is 0.251 e. The fraction of sp³-hybridized carbons (Fsp3) is 0.222. The number of benzene rings is 3. The lowest BCUT2D eigenvalue weighted by Gasteiger charge is -2.19. The largest absolute Gasteiger partial charge is 0.497 e. The number of aromatic nitrogens is 1. The summed E-state index contributed by atoms with van der Waals surface area (Å²) in [6.07, 6.45) is 2.98. The molecular formula is C27H28N2O3. The SMILES string of the molecule is CCCOc1ccc(C(=O)NCC(c2ccc(OC)cc2)c2c[nH]c3ccccc23)cc1. The van der Waals surface area contributed by atoms with Crippen molar-refractivity contribution in [1.29, 1.82) is 0 Å². The molecule has 0 aliphatic heterocycles. The van der Waals surface area contributed by atoms with Gasteiger partial charge in [-0.2, -0.15) is 0 Å². The fourth-order valence-corrected chi connectivity index (χ4v) is 3.85. The molecule has 0 spiro atoms. The molecule has 5 nitrogen and oxygen atoms in total. The van der Waals surface area contributed by atoms with Crippen LogP contribution in [0.15, 0.2) is 79.0 Å². The number of methoxy groups -OCH3 is 1. The van der Waals surface area contributed by atoms with E-state index >= 15 is 0 Å². The van der Waals surface area contributed by atoms with E-state index in [4.69, 9.17) is 9.47 Å². The molecule has 1 amide bonds. The lowest BCUT2D eigenvalue weighted by molar-refractivity contribution is 0.0952. The van der Waals surface area contributed by atoms with Gasteiger partial charge in [-0.15, -0.1) is 0 Å². The number of amides is 1. The van der Waals surface area contributed by atoms with Gasteiger partial charge in [0.25, 0.3) is 5.91 Å². The van der Waals surface area contributed by atoms with Crippen molar-refractivity contribution in [2.24, 2.45) is 0 Å². The highest BCUT2D eigenvalue weighted by atomic mass is 16.5. The molecule has 32 heavy (non-hydrogen) atoms. The van der Waals surface area contributed by atoms with Gasteiger partial charge in [-0.05, 0) is 60.0 Å². The summed E-state index contributed by atoms with van der Waals surface area (Å²) in [5.74, 6) is 1.47. The standard InChI is InChI=1S/C27H28N2O3/c1-3-16-32-22-14-10-20(11-15-22)27(30)29-17-24(19-8-12-21(31-2)13-9-19)25-18-28-26-7-5-4-6-23(25)26/h4-15,18,24,28H,3,16-17H2,1-2H3,(H,29,30). The van der Waals surface area contributed by atoms with E-state index in [0.717, 1.165) is 39.9 Å². The minimum atomic E-state index is -0.106. The quantitative estimate of drug-likeness (QED) is 0.369. The summed E-state index contributed by atoms with van der Waals surface area (Å²) in [7, 11) is 1.66. The first-order valence-corrected chi connectivity index (χ1v) is 10.9. The van der Waals surface area contributed by atoms with E-state index in [0.29, 0.717) is 18.7 Å². The molecule has 1 aromatic heterocycles. The van der Waals surface area contributed by atoms with Crippen LogP contribution in [-0.2, 0) is 0 Å². The zero-order chi connectivity index (χ0) is 22.3. The molecule has 1 heterocycles. The molecule has 3 aromatic carbocycles. The summed E-state index contributed by atoms with van der Waals surface area (Å²) < 4.78 is 10.9. The van der Waals surface area contributed by atoms with Gasteiger partial charge in [-0.1, -0.05) is 37.3 Å². The first-order chi connectivity index (χ1) is 15.7. The number of H-pyrrole nitrogens is 1. The number of aromatic amines is 1. The number of hydrogen-bond donors (Lipinski definition) is 2. The highest BCUT2D eigenvalue weighted by Crippen LogP contribution is 2.31. The number of carbonyl (C=O) groups excluding carboxylic acids is 1. The van der Waals surface area contributed by atoms with Crippen LogP contribution in [0.4, 0.5) is 0 Å². The van der Waals surface area contributed by atoms with Gasteiger partial charge in [0, 0.05) is 35.1 Å². The maximum Gasteiger partial charge on any atom is 0.251 e. The van der Waals surface area contributed by atoms with Gasteiger partial charge >= 0.3 is 0 Å². The van der Waals surface area contributed by atoms with Crippen LogP contribution in [0.2, 0.25) is 0 Å². The molecule has 0 saturated carbocycles. The summed E-state index contributed by atoms with van der Waals surface area (Å²) in [5.41, 5.74) is 3.95. The average molecular weight is 429 g/mol. The number of rotatable bonds is 9. The minimum Gasteiger partial charge on any atom is -0.497 e. The molecule has 0 radical (unpaired) electrons. The first-order valence-electron chi connectivity index (χ1n) is 10.9. The van der Waals surface area contributed by atoms with Crippen LogP contribution in [0.1, 0.15) is 40.7 Å². The van der Waals surface area contributed by atoms with E-state index in [-0.39, 0.29) is 11.8 Å². The molecule has 164 valence electrons. The third kappa shape index (κ3) is 4.78. The second-order valence-corrected chi connectivity index (χ2v) is 7.70. The Morgan fingerprint density at radius 3 is 2.41 bits per heavy atom. The Morgan fingerprint density at radius 2 is 1.69 bits per heavy atom. The Morgan fingerprint density at radius 1 is 0.969 bits per heavy atom. The van der Waals surface area contributed by atoms with Crippen LogP contribution in [0.25, 0.3) is 10.9 Å². The Labute approximate surface area is 188 Å². The molecule has 4 aromatic rings. The number of ether oxygens (including phenoxy) is 2. The van der Waals surface area contributed by atoms with Gasteiger partial charge in [-0.25, -0.2) is 0 Å². The Hall–Kier alpha value is -3.73. The first kappa shape index (κ1) is 21.5. The van der Waals surface area contributed by atoms with Crippen molar-refractivity contribution in [3.8, 4) is 11.5 Å². The zero-order valence-corrected chi connectivity index (χ0v) is 18.4. The molecule has 0 fully saturated rings. The lowest BCUT2D eigenvalue weighted by atomic mass is 9.90. The van der Waals surface area contributed by atoms with Crippen molar-refractivity contribution in [2.75, 3.05) is 20.3 Å². The van der Waals surface area contributed by atoms with Crippen molar-refractivity contribution in [2.45, 2.75) is 19.3 Å². The second-order valence-electron chi connectivity index (χ2n) is 7.70. The Bertz CT molecular complexity index is 1160. The van der Waals surface area contributed by atoms with E-state index in [2.05, 4.69) is 41.5 Å². The van der Waals surface area contributed by atoms with Gasteiger partial charge in [-0.3, -0.25) is 4.79 Å². The zero-order valence-electron chi connectivity index (χ0n) is 18.4. The summed E-state index contributed by atoms with van der Waals surface area (Å²) in [6.45, 7) is 3.20. The predicted molar refractivity (Wildman–Crippen MR) is 128 cm³/mol. The number of nitrogens with one attached hydrogen (secondary N) is 2. The van der Waals surface area contributed by atoms with Gasteiger partial charge in [0.1, 0.15) is 11.5 Å². The summed E-state index contributed by atoms with van der Waals surface area (Å²) in [6, 6.07) is 23.5. The van der Waals surface area contributed by atoms with E-state index in [1.54, 1.807) is 19.2 Å². The number of carbonyl (C=O) groups is 1. The van der Waals surface area contributed by atoms with Crippen molar-refractivity contribution < 1.29 is 14.3 Å². The van der Waals surface area contributed by atoms with Gasteiger partial charge in [0.2, 0.25) is 0 Å². The highest BCUT2D eigenvalue weighted by Gasteiger charge is 2.19. The molecule has 2 N–H and O–H groups in total. The van der Waals surface area contributed by atoms with E-state index in [9.17, 15) is 4.79 Å². The fourth-order valence-electron chi connectivity index (χ4n) is 3.85. The van der Waals surface area contributed by atoms with Gasteiger partial charge in [0.15, 0.2) is 0 Å². The molecular weight excluding hydrogens is 400 g/mol. The highest BCUT2D eigenvalue weighted by molar-refractivity contribution is 5.94. The van der Waals surface area contributed by atoms with Crippen LogP contribution < -0.4 is 14.8 Å². The summed E-state index contributed by atoms with van der Waals surface area (Å²) in [4.78, 5) is 16.2. The molecule has 1 unspecified atom stereocenters. The predicted octanol–water partition coefficient (Wildman–Crippen LogP) is 5.53. The summed E-state index contributed by atoms with van der Waals surface area (Å²) in [5, 5.41) is 4.27. The third-order valence-corrected chi connectivity index (χ3v) is 5.57. The molecule has 0 aliphatic carbocycles. The monoisotopic (exact) mass is 428 g/mol. The lowest BCUT2D eigenvalue weighted by Crippen LogP contribution is -2.28. The maximum atomic E-state index is 12.9. The molecule has 0 aliphatic rings. The Kier molecular flexibility index (Phi) is 6.75.